The Kier molecular flexibility index (Phi) is 4.90. The smallest absolute Gasteiger partial charge is 0.436 e. The van der Waals surface area contributed by atoms with Crippen molar-refractivity contribution < 1.29 is 22.4 Å². The summed E-state index contributed by atoms with van der Waals surface area (Å²) in [5.41, 5.74) is -0.530. The topological polar surface area (TPSA) is 58.4 Å². The molecule has 27 heavy (non-hydrogen) atoms. The second-order valence-corrected chi connectivity index (χ2v) is 7.87. The van der Waals surface area contributed by atoms with Crippen LogP contribution in [-0.2, 0) is 6.18 Å². The lowest BCUT2D eigenvalue weighted by molar-refractivity contribution is -0.141. The first kappa shape index (κ1) is 18.4. The number of rotatable bonds is 4. The number of carbonyl (C=O) groups excluding carboxylic acids is 1. The average molecular weight is 397 g/mol. The Morgan fingerprint density at radius 3 is 2.48 bits per heavy atom. The highest BCUT2D eigenvalue weighted by molar-refractivity contribution is 7.99. The Labute approximate surface area is 158 Å². The number of nitrogens with zero attached hydrogens (tertiary/aromatic N) is 2. The molecule has 9 heteroatoms. The van der Waals surface area contributed by atoms with Gasteiger partial charge in [0.25, 0.3) is 11.1 Å². The van der Waals surface area contributed by atoms with E-state index in [1.807, 2.05) is 0 Å². The number of fused-ring (bicyclic) bond motifs is 3. The molecule has 1 atom stereocenters. The van der Waals surface area contributed by atoms with Crippen molar-refractivity contribution in [1.29, 1.82) is 0 Å². The molecule has 0 saturated carbocycles. The van der Waals surface area contributed by atoms with Crippen LogP contribution >= 0.6 is 11.8 Å². The maximum Gasteiger partial charge on any atom is 0.436 e. The van der Waals surface area contributed by atoms with Crippen molar-refractivity contribution in [3.05, 3.63) is 41.8 Å². The molecule has 5 nitrogen and oxygen atoms in total. The molecule has 3 aliphatic rings. The summed E-state index contributed by atoms with van der Waals surface area (Å²) in [6, 6.07) is 6.85. The summed E-state index contributed by atoms with van der Waals surface area (Å²) in [4.78, 5) is 18.9. The molecule has 1 N–H and O–H groups in total. The van der Waals surface area contributed by atoms with Gasteiger partial charge in [-0.3, -0.25) is 4.79 Å². The maximum atomic E-state index is 12.6. The number of aromatic nitrogens is 1. The zero-order valence-corrected chi connectivity index (χ0v) is 15.1. The summed E-state index contributed by atoms with van der Waals surface area (Å²) in [5, 5.41) is 3.02. The van der Waals surface area contributed by atoms with Gasteiger partial charge in [0, 0.05) is 23.0 Å². The molecule has 1 aromatic carbocycles. The molecule has 3 aliphatic heterocycles. The Morgan fingerprint density at radius 2 is 1.93 bits per heavy atom. The van der Waals surface area contributed by atoms with E-state index in [0.29, 0.717) is 22.6 Å². The number of hydrogen-bond acceptors (Lipinski definition) is 5. The third-order valence-electron chi connectivity index (χ3n) is 5.07. The van der Waals surface area contributed by atoms with Crippen LogP contribution < -0.4 is 5.32 Å². The van der Waals surface area contributed by atoms with E-state index in [2.05, 4.69) is 15.2 Å². The minimum Gasteiger partial charge on any atom is -0.439 e. The van der Waals surface area contributed by atoms with Gasteiger partial charge < -0.3 is 14.6 Å². The second kappa shape index (κ2) is 7.20. The maximum absolute atomic E-state index is 12.6. The average Bonchev–Trinajstić information content (AvgIpc) is 3.12. The van der Waals surface area contributed by atoms with E-state index >= 15 is 0 Å². The molecule has 1 aromatic heterocycles. The Hall–Kier alpha value is -2.00. The molecule has 4 heterocycles. The van der Waals surface area contributed by atoms with Crippen molar-refractivity contribution in [2.75, 3.05) is 19.6 Å². The SMILES string of the molecule is O=C(NC1CN2CCC1CC2)c1ccc(Sc2nc(C(F)(F)F)co2)cc1. The van der Waals surface area contributed by atoms with Crippen molar-refractivity contribution in [1.82, 2.24) is 15.2 Å². The molecular weight excluding hydrogens is 379 g/mol. The van der Waals surface area contributed by atoms with Gasteiger partial charge in [-0.05, 0) is 67.9 Å². The van der Waals surface area contributed by atoms with E-state index < -0.39 is 11.9 Å². The predicted octanol–water partition coefficient (Wildman–Crippen LogP) is 3.67. The van der Waals surface area contributed by atoms with E-state index in [4.69, 9.17) is 4.42 Å². The molecule has 2 bridgehead atoms. The van der Waals surface area contributed by atoms with Crippen LogP contribution in [0.15, 0.2) is 45.1 Å². The highest BCUT2D eigenvalue weighted by Gasteiger charge is 2.35. The highest BCUT2D eigenvalue weighted by atomic mass is 32.2. The van der Waals surface area contributed by atoms with Crippen molar-refractivity contribution in [2.24, 2.45) is 5.92 Å². The number of halogens is 3. The first-order valence-electron chi connectivity index (χ1n) is 8.72. The van der Waals surface area contributed by atoms with E-state index in [9.17, 15) is 18.0 Å². The summed E-state index contributed by atoms with van der Waals surface area (Å²) in [5.74, 6) is 0.419. The lowest BCUT2D eigenvalue weighted by atomic mass is 9.84. The van der Waals surface area contributed by atoms with Crippen LogP contribution in [0, 0.1) is 5.92 Å². The van der Waals surface area contributed by atoms with Gasteiger partial charge in [0.05, 0.1) is 0 Å². The largest absolute Gasteiger partial charge is 0.439 e. The number of nitrogens with one attached hydrogen (secondary N) is 1. The van der Waals surface area contributed by atoms with Crippen LogP contribution in [0.5, 0.6) is 0 Å². The third kappa shape index (κ3) is 4.14. The van der Waals surface area contributed by atoms with Crippen LogP contribution in [0.4, 0.5) is 13.2 Å². The van der Waals surface area contributed by atoms with E-state index in [-0.39, 0.29) is 17.2 Å². The van der Waals surface area contributed by atoms with Gasteiger partial charge in [0.2, 0.25) is 0 Å². The summed E-state index contributed by atoms with van der Waals surface area (Å²) in [7, 11) is 0. The van der Waals surface area contributed by atoms with Crippen LogP contribution in [0.25, 0.3) is 0 Å². The number of amides is 1. The number of oxazole rings is 1. The molecule has 3 fully saturated rings. The second-order valence-electron chi connectivity index (χ2n) is 6.84. The minimum atomic E-state index is -4.53. The van der Waals surface area contributed by atoms with Gasteiger partial charge >= 0.3 is 6.18 Å². The minimum absolute atomic E-state index is 0.0909. The van der Waals surface area contributed by atoms with Gasteiger partial charge in [-0.15, -0.1) is 0 Å². The first-order chi connectivity index (χ1) is 12.9. The number of hydrogen-bond donors (Lipinski definition) is 1. The van der Waals surface area contributed by atoms with Crippen molar-refractivity contribution in [3.63, 3.8) is 0 Å². The van der Waals surface area contributed by atoms with Crippen LogP contribution in [0.3, 0.4) is 0 Å². The fourth-order valence-corrected chi connectivity index (χ4v) is 4.30. The van der Waals surface area contributed by atoms with Gasteiger partial charge in [0.15, 0.2) is 5.69 Å². The molecule has 5 rings (SSSR count). The summed E-state index contributed by atoms with van der Waals surface area (Å²) < 4.78 is 42.5. The third-order valence-corrected chi connectivity index (χ3v) is 5.94. The van der Waals surface area contributed by atoms with Crippen LogP contribution in [-0.4, -0.2) is 41.5 Å². The number of carbonyl (C=O) groups is 1. The van der Waals surface area contributed by atoms with E-state index in [1.54, 1.807) is 24.3 Å². The lowest BCUT2D eigenvalue weighted by Gasteiger charge is -2.44. The van der Waals surface area contributed by atoms with Gasteiger partial charge in [-0.1, -0.05) is 0 Å². The monoisotopic (exact) mass is 397 g/mol. The first-order valence-corrected chi connectivity index (χ1v) is 9.54. The predicted molar refractivity (Wildman–Crippen MR) is 92.5 cm³/mol. The molecule has 2 aromatic rings. The molecule has 0 radical (unpaired) electrons. The molecule has 1 unspecified atom stereocenters. The lowest BCUT2D eigenvalue weighted by Crippen LogP contribution is -2.57. The molecule has 144 valence electrons. The van der Waals surface area contributed by atoms with E-state index in [0.717, 1.165) is 44.2 Å². The van der Waals surface area contributed by atoms with Crippen molar-refractivity contribution >= 4 is 17.7 Å². The van der Waals surface area contributed by atoms with Crippen LogP contribution in [0.2, 0.25) is 0 Å². The molecule has 3 saturated heterocycles. The fourth-order valence-electron chi connectivity index (χ4n) is 3.59. The summed E-state index contributed by atoms with van der Waals surface area (Å²) >= 11 is 0.974. The Morgan fingerprint density at radius 1 is 1.22 bits per heavy atom. The zero-order valence-electron chi connectivity index (χ0n) is 14.3. The van der Waals surface area contributed by atoms with Crippen molar-refractivity contribution in [2.45, 2.75) is 35.2 Å². The van der Waals surface area contributed by atoms with Crippen molar-refractivity contribution in [3.8, 4) is 0 Å². The van der Waals surface area contributed by atoms with Gasteiger partial charge in [-0.2, -0.15) is 18.2 Å². The molecule has 0 spiro atoms. The Bertz CT molecular complexity index is 814. The fraction of sp³-hybridized carbons (Fsp3) is 0.444. The number of piperidine rings is 3. The van der Waals surface area contributed by atoms with Gasteiger partial charge in [0.1, 0.15) is 6.26 Å². The standard InChI is InChI=1S/C18H18F3N3O2S/c19-18(20,21)15-10-26-17(23-15)27-13-3-1-12(2-4-13)16(25)22-14-9-24-7-5-11(14)6-8-24/h1-4,10-11,14H,5-9H2,(H,22,25). The molecule has 1 amide bonds. The van der Waals surface area contributed by atoms with Crippen LogP contribution in [0.1, 0.15) is 28.9 Å². The number of benzene rings is 1. The van der Waals surface area contributed by atoms with E-state index in [1.165, 1.54) is 0 Å². The van der Waals surface area contributed by atoms with Gasteiger partial charge in [-0.25, -0.2) is 0 Å². The number of alkyl halides is 3. The summed E-state index contributed by atoms with van der Waals surface area (Å²) in [6.07, 6.45) is -1.69. The summed E-state index contributed by atoms with van der Waals surface area (Å²) in [6.45, 7) is 3.12. The molecular formula is C18H18F3N3O2S. The molecule has 0 aliphatic carbocycles. The zero-order chi connectivity index (χ0) is 19.0. The Balaban J connectivity index is 1.37. The quantitative estimate of drug-likeness (QED) is 0.853. The highest BCUT2D eigenvalue weighted by Crippen LogP contribution is 2.33. The normalized spacial score (nSPS) is 24.8.